The van der Waals surface area contributed by atoms with E-state index in [9.17, 15) is 14.7 Å². The van der Waals surface area contributed by atoms with Crippen LogP contribution in [0.4, 0.5) is 0 Å². The van der Waals surface area contributed by atoms with Gasteiger partial charge >= 0.3 is 5.97 Å². The molecule has 0 aromatic heterocycles. The maximum absolute atomic E-state index is 12.1. The quantitative estimate of drug-likeness (QED) is 0.808. The van der Waals surface area contributed by atoms with Gasteiger partial charge in [0.05, 0.1) is 5.41 Å². The molecule has 0 radical (unpaired) electrons. The van der Waals surface area contributed by atoms with Crippen LogP contribution < -0.4 is 10.1 Å². The molecule has 1 saturated heterocycles. The van der Waals surface area contributed by atoms with Crippen molar-refractivity contribution < 1.29 is 24.2 Å². The monoisotopic (exact) mass is 377 g/mol. The van der Waals surface area contributed by atoms with Crippen molar-refractivity contribution in [3.63, 3.8) is 0 Å². The van der Waals surface area contributed by atoms with Gasteiger partial charge < -0.3 is 19.9 Å². The topological polar surface area (TPSA) is 84.9 Å². The number of aliphatic carboxylic acids is 1. The molecule has 0 bridgehead atoms. The Labute approximate surface area is 156 Å². The number of rotatable bonds is 6. The number of hydrogen-bond acceptors (Lipinski definition) is 4. The van der Waals surface area contributed by atoms with Crippen LogP contribution >= 0.6 is 11.6 Å². The van der Waals surface area contributed by atoms with Gasteiger partial charge in [-0.15, -0.1) is 0 Å². The molecular weight excluding hydrogens is 358 g/mol. The number of fused-ring (bicyclic) bond motifs is 1. The second-order valence-corrected chi connectivity index (χ2v) is 6.76. The standard InChI is InChI=1S/C19H20ClNO5/c20-15-5-6-16(14-4-2-1-3-13(14)15)26-11-17(22)21-12-19(18(23)24)7-9-25-10-8-19/h1-6H,7-12H2,(H,21,22)(H,23,24). The lowest BCUT2D eigenvalue weighted by Gasteiger charge is -2.33. The summed E-state index contributed by atoms with van der Waals surface area (Å²) in [4.78, 5) is 23.7. The molecule has 1 aliphatic heterocycles. The Morgan fingerprint density at radius 3 is 2.54 bits per heavy atom. The number of hydrogen-bond donors (Lipinski definition) is 2. The molecule has 1 aliphatic rings. The molecule has 0 unspecified atom stereocenters. The van der Waals surface area contributed by atoms with Crippen molar-refractivity contribution >= 4 is 34.2 Å². The van der Waals surface area contributed by atoms with Gasteiger partial charge in [0, 0.05) is 35.6 Å². The van der Waals surface area contributed by atoms with Crippen molar-refractivity contribution in [3.05, 3.63) is 41.4 Å². The van der Waals surface area contributed by atoms with E-state index in [1.165, 1.54) is 0 Å². The van der Waals surface area contributed by atoms with Crippen LogP contribution in [-0.4, -0.2) is 43.3 Å². The van der Waals surface area contributed by atoms with Gasteiger partial charge in [-0.3, -0.25) is 9.59 Å². The van der Waals surface area contributed by atoms with Gasteiger partial charge in [0.25, 0.3) is 5.91 Å². The summed E-state index contributed by atoms with van der Waals surface area (Å²) in [5, 5.41) is 14.5. The molecule has 138 valence electrons. The fourth-order valence-corrected chi connectivity index (χ4v) is 3.28. The van der Waals surface area contributed by atoms with Crippen LogP contribution in [-0.2, 0) is 14.3 Å². The maximum Gasteiger partial charge on any atom is 0.311 e. The summed E-state index contributed by atoms with van der Waals surface area (Å²) < 4.78 is 10.9. The third-order valence-electron chi connectivity index (χ3n) is 4.72. The Balaban J connectivity index is 1.61. The van der Waals surface area contributed by atoms with Crippen molar-refractivity contribution in [1.82, 2.24) is 5.32 Å². The van der Waals surface area contributed by atoms with Gasteiger partial charge in [-0.1, -0.05) is 35.9 Å². The van der Waals surface area contributed by atoms with Crippen molar-refractivity contribution in [1.29, 1.82) is 0 Å². The van der Waals surface area contributed by atoms with Crippen LogP contribution in [0.5, 0.6) is 5.75 Å². The first-order valence-corrected chi connectivity index (χ1v) is 8.77. The molecule has 0 aliphatic carbocycles. The lowest BCUT2D eigenvalue weighted by atomic mass is 9.80. The van der Waals surface area contributed by atoms with Crippen LogP contribution in [0, 0.1) is 5.41 Å². The van der Waals surface area contributed by atoms with Gasteiger partial charge in [0.1, 0.15) is 5.75 Å². The zero-order valence-electron chi connectivity index (χ0n) is 14.2. The van der Waals surface area contributed by atoms with Crippen LogP contribution in [0.2, 0.25) is 5.02 Å². The van der Waals surface area contributed by atoms with E-state index in [0.29, 0.717) is 36.8 Å². The Hall–Kier alpha value is -2.31. The molecule has 0 saturated carbocycles. The second-order valence-electron chi connectivity index (χ2n) is 6.35. The molecule has 2 aromatic rings. The van der Waals surface area contributed by atoms with Crippen LogP contribution in [0.15, 0.2) is 36.4 Å². The average molecular weight is 378 g/mol. The van der Waals surface area contributed by atoms with Crippen LogP contribution in [0.3, 0.4) is 0 Å². The molecule has 7 heteroatoms. The van der Waals surface area contributed by atoms with Crippen molar-refractivity contribution in [2.75, 3.05) is 26.4 Å². The summed E-state index contributed by atoms with van der Waals surface area (Å²) in [7, 11) is 0. The highest BCUT2D eigenvalue weighted by atomic mass is 35.5. The lowest BCUT2D eigenvalue weighted by Crippen LogP contribution is -2.47. The van der Waals surface area contributed by atoms with Gasteiger partial charge in [-0.25, -0.2) is 0 Å². The number of halogens is 1. The zero-order chi connectivity index (χ0) is 18.6. The summed E-state index contributed by atoms with van der Waals surface area (Å²) in [6.45, 7) is 0.637. The van der Waals surface area contributed by atoms with Gasteiger partial charge in [0.15, 0.2) is 6.61 Å². The number of carboxylic acid groups (broad SMARTS) is 1. The summed E-state index contributed by atoms with van der Waals surface area (Å²) in [6.07, 6.45) is 0.761. The SMILES string of the molecule is O=C(COc1ccc(Cl)c2ccccc12)NCC1(C(=O)O)CCOCC1. The first-order valence-electron chi connectivity index (χ1n) is 8.40. The van der Waals surface area contributed by atoms with E-state index in [1.54, 1.807) is 12.1 Å². The number of carbonyl (C=O) groups is 2. The number of carboxylic acids is 1. The van der Waals surface area contributed by atoms with E-state index >= 15 is 0 Å². The second kappa shape index (κ2) is 7.93. The van der Waals surface area contributed by atoms with Gasteiger partial charge in [-0.2, -0.15) is 0 Å². The molecule has 2 N–H and O–H groups in total. The predicted molar refractivity (Wildman–Crippen MR) is 97.6 cm³/mol. The summed E-state index contributed by atoms with van der Waals surface area (Å²) >= 11 is 6.17. The van der Waals surface area contributed by atoms with Crippen LogP contribution in [0.1, 0.15) is 12.8 Å². The smallest absolute Gasteiger partial charge is 0.311 e. The highest BCUT2D eigenvalue weighted by Crippen LogP contribution is 2.32. The number of amides is 1. The molecule has 1 amide bonds. The van der Waals surface area contributed by atoms with Gasteiger partial charge in [-0.05, 0) is 25.0 Å². The Kier molecular flexibility index (Phi) is 5.64. The third-order valence-corrected chi connectivity index (χ3v) is 5.05. The first-order chi connectivity index (χ1) is 12.5. The number of carbonyl (C=O) groups excluding carboxylic acids is 1. The van der Waals surface area contributed by atoms with E-state index in [0.717, 1.165) is 10.8 Å². The Bertz CT molecular complexity index is 817. The zero-order valence-corrected chi connectivity index (χ0v) is 14.9. The van der Waals surface area contributed by atoms with E-state index < -0.39 is 11.4 Å². The van der Waals surface area contributed by atoms with Crippen LogP contribution in [0.25, 0.3) is 10.8 Å². The van der Waals surface area contributed by atoms with E-state index in [4.69, 9.17) is 21.1 Å². The normalized spacial score (nSPS) is 16.2. The Morgan fingerprint density at radius 2 is 1.85 bits per heavy atom. The van der Waals surface area contributed by atoms with Gasteiger partial charge in [0.2, 0.25) is 0 Å². The molecule has 2 aromatic carbocycles. The highest BCUT2D eigenvalue weighted by Gasteiger charge is 2.40. The molecule has 3 rings (SSSR count). The molecular formula is C19H20ClNO5. The fourth-order valence-electron chi connectivity index (χ4n) is 3.05. The molecule has 26 heavy (non-hydrogen) atoms. The summed E-state index contributed by atoms with van der Waals surface area (Å²) in [6, 6.07) is 10.9. The summed E-state index contributed by atoms with van der Waals surface area (Å²) in [5.74, 6) is -0.721. The summed E-state index contributed by atoms with van der Waals surface area (Å²) in [5.41, 5.74) is -0.971. The number of nitrogens with one attached hydrogen (secondary N) is 1. The third kappa shape index (κ3) is 3.92. The minimum atomic E-state index is -0.971. The fraction of sp³-hybridized carbons (Fsp3) is 0.368. The average Bonchev–Trinajstić information content (AvgIpc) is 2.67. The van der Waals surface area contributed by atoms with E-state index in [1.807, 2.05) is 24.3 Å². The molecule has 6 nitrogen and oxygen atoms in total. The van der Waals surface area contributed by atoms with Crippen molar-refractivity contribution in [3.8, 4) is 5.75 Å². The lowest BCUT2D eigenvalue weighted by molar-refractivity contribution is -0.154. The largest absolute Gasteiger partial charge is 0.483 e. The Morgan fingerprint density at radius 1 is 1.15 bits per heavy atom. The minimum absolute atomic E-state index is 0.0647. The molecule has 0 atom stereocenters. The first kappa shape index (κ1) is 18.5. The minimum Gasteiger partial charge on any atom is -0.483 e. The van der Waals surface area contributed by atoms with E-state index in [2.05, 4.69) is 5.32 Å². The maximum atomic E-state index is 12.1. The van der Waals surface area contributed by atoms with Crippen molar-refractivity contribution in [2.24, 2.45) is 5.41 Å². The molecule has 0 spiro atoms. The number of ether oxygens (including phenoxy) is 2. The molecule has 1 heterocycles. The number of benzene rings is 2. The van der Waals surface area contributed by atoms with E-state index in [-0.39, 0.29) is 19.1 Å². The highest BCUT2D eigenvalue weighted by molar-refractivity contribution is 6.35. The predicted octanol–water partition coefficient (Wildman–Crippen LogP) is 2.87. The van der Waals surface area contributed by atoms with Crippen molar-refractivity contribution in [2.45, 2.75) is 12.8 Å². The molecule has 1 fully saturated rings.